The Morgan fingerprint density at radius 3 is 1.92 bits per heavy atom. The van der Waals surface area contributed by atoms with E-state index in [-0.39, 0.29) is 4.76 Å². The highest BCUT2D eigenvalue weighted by Crippen LogP contribution is 2.23. The van der Waals surface area contributed by atoms with Gasteiger partial charge >= 0.3 is 0 Å². The predicted octanol–water partition coefficient (Wildman–Crippen LogP) is 1.89. The van der Waals surface area contributed by atoms with Gasteiger partial charge in [0.15, 0.2) is 0 Å². The van der Waals surface area contributed by atoms with Crippen molar-refractivity contribution in [1.82, 2.24) is 5.01 Å². The molecule has 0 aromatic rings. The zero-order valence-electron chi connectivity index (χ0n) is 8.37. The van der Waals surface area contributed by atoms with Crippen molar-refractivity contribution in [1.29, 1.82) is 0 Å². The summed E-state index contributed by atoms with van der Waals surface area (Å²) in [6, 6.07) is 0. The molecule has 0 aromatic carbocycles. The van der Waals surface area contributed by atoms with Crippen molar-refractivity contribution < 1.29 is 4.76 Å². The summed E-state index contributed by atoms with van der Waals surface area (Å²) in [5.41, 5.74) is 0. The highest BCUT2D eigenvalue weighted by atomic mass is 16.6. The van der Waals surface area contributed by atoms with Gasteiger partial charge in [0, 0.05) is 13.1 Å². The first kappa shape index (κ1) is 9.44. The minimum Gasteiger partial charge on any atom is -0.611 e. The lowest BCUT2D eigenvalue weighted by molar-refractivity contribution is -0.998. The van der Waals surface area contributed by atoms with Gasteiger partial charge in [-0.3, -0.25) is 4.76 Å². The molecule has 2 saturated heterocycles. The minimum absolute atomic E-state index is 0. The molecular formula is C10H20N2O. The summed E-state index contributed by atoms with van der Waals surface area (Å²) < 4.78 is 0. The van der Waals surface area contributed by atoms with Crippen LogP contribution in [0.15, 0.2) is 0 Å². The van der Waals surface area contributed by atoms with Crippen LogP contribution in [0.4, 0.5) is 0 Å². The van der Waals surface area contributed by atoms with Crippen LogP contribution in [0.25, 0.3) is 0 Å². The third-order valence-electron chi connectivity index (χ3n) is 3.36. The summed E-state index contributed by atoms with van der Waals surface area (Å²) in [4.78, 5) is 0. The fraction of sp³-hybridized carbons (Fsp3) is 1.00. The summed E-state index contributed by atoms with van der Waals surface area (Å²) in [7, 11) is 0. The van der Waals surface area contributed by atoms with E-state index in [9.17, 15) is 5.21 Å². The zero-order chi connectivity index (χ0) is 9.15. The lowest BCUT2D eigenvalue weighted by Gasteiger charge is -2.52. The van der Waals surface area contributed by atoms with E-state index in [4.69, 9.17) is 0 Å². The van der Waals surface area contributed by atoms with Crippen LogP contribution in [0, 0.1) is 5.21 Å². The van der Waals surface area contributed by atoms with Gasteiger partial charge in [0.05, 0.1) is 13.1 Å². The van der Waals surface area contributed by atoms with E-state index in [0.29, 0.717) is 0 Å². The second-order valence-electron chi connectivity index (χ2n) is 4.37. The fourth-order valence-electron chi connectivity index (χ4n) is 2.53. The molecule has 2 heterocycles. The average Bonchev–Trinajstić information content (AvgIpc) is 2.20. The topological polar surface area (TPSA) is 26.3 Å². The standard InChI is InChI=1S/C10H20N2O/c13-12(9-5-2-6-10-12)11-7-3-1-4-8-11/h1-10H2. The summed E-state index contributed by atoms with van der Waals surface area (Å²) in [6.45, 7) is 3.73. The molecule has 76 valence electrons. The highest BCUT2D eigenvalue weighted by molar-refractivity contribution is 4.61. The number of nitrogens with zero attached hydrogens (tertiary/aromatic N) is 2. The molecule has 0 spiro atoms. The van der Waals surface area contributed by atoms with Crippen LogP contribution >= 0.6 is 0 Å². The molecule has 0 unspecified atom stereocenters. The van der Waals surface area contributed by atoms with E-state index in [1.807, 2.05) is 0 Å². The van der Waals surface area contributed by atoms with E-state index in [1.165, 1.54) is 25.7 Å². The molecule has 2 fully saturated rings. The van der Waals surface area contributed by atoms with Gasteiger partial charge in [0.25, 0.3) is 0 Å². The fourth-order valence-corrected chi connectivity index (χ4v) is 2.53. The van der Waals surface area contributed by atoms with Gasteiger partial charge < -0.3 is 5.21 Å². The lowest BCUT2D eigenvalue weighted by atomic mass is 10.1. The van der Waals surface area contributed by atoms with Crippen molar-refractivity contribution in [3.63, 3.8) is 0 Å². The normalized spacial score (nSPS) is 30.2. The van der Waals surface area contributed by atoms with Crippen molar-refractivity contribution in [2.24, 2.45) is 0 Å². The molecule has 2 aliphatic heterocycles. The summed E-state index contributed by atoms with van der Waals surface area (Å²) in [5.74, 6) is 0. The number of piperidine rings is 2. The molecule has 0 amide bonds. The first-order valence-electron chi connectivity index (χ1n) is 5.65. The van der Waals surface area contributed by atoms with E-state index in [2.05, 4.69) is 5.01 Å². The molecule has 13 heavy (non-hydrogen) atoms. The Morgan fingerprint density at radius 2 is 1.31 bits per heavy atom. The Kier molecular flexibility index (Phi) is 2.86. The molecule has 0 saturated carbocycles. The van der Waals surface area contributed by atoms with Crippen molar-refractivity contribution in [2.45, 2.75) is 38.5 Å². The van der Waals surface area contributed by atoms with Crippen LogP contribution in [0.3, 0.4) is 0 Å². The number of hydroxylamine groups is 2. The highest BCUT2D eigenvalue weighted by Gasteiger charge is 2.29. The van der Waals surface area contributed by atoms with Gasteiger partial charge in [-0.25, -0.2) is 0 Å². The molecule has 2 aliphatic rings. The van der Waals surface area contributed by atoms with Crippen LogP contribution in [0.1, 0.15) is 38.5 Å². The molecule has 0 radical (unpaired) electrons. The van der Waals surface area contributed by atoms with Gasteiger partial charge in [0.2, 0.25) is 0 Å². The molecule has 0 atom stereocenters. The Balaban J connectivity index is 1.94. The maximum atomic E-state index is 12.3. The van der Waals surface area contributed by atoms with Crippen LogP contribution in [-0.2, 0) is 0 Å². The smallest absolute Gasteiger partial charge is 0.0962 e. The van der Waals surface area contributed by atoms with Gasteiger partial charge in [-0.15, -0.1) is 0 Å². The van der Waals surface area contributed by atoms with Crippen molar-refractivity contribution in [3.05, 3.63) is 5.21 Å². The molecule has 3 heteroatoms. The number of quaternary nitrogens is 1. The zero-order valence-corrected chi connectivity index (χ0v) is 8.37. The number of rotatable bonds is 1. The van der Waals surface area contributed by atoms with Crippen molar-refractivity contribution in [2.75, 3.05) is 26.2 Å². The van der Waals surface area contributed by atoms with Crippen LogP contribution in [-0.4, -0.2) is 35.9 Å². The molecule has 3 nitrogen and oxygen atoms in total. The molecule has 0 aliphatic carbocycles. The Morgan fingerprint density at radius 1 is 0.769 bits per heavy atom. The van der Waals surface area contributed by atoms with Crippen LogP contribution in [0.5, 0.6) is 0 Å². The Hall–Kier alpha value is -0.120. The van der Waals surface area contributed by atoms with E-state index < -0.39 is 0 Å². The number of hydrogen-bond acceptors (Lipinski definition) is 2. The molecule has 2 rings (SSSR count). The largest absolute Gasteiger partial charge is 0.611 e. The quantitative estimate of drug-likeness (QED) is 0.459. The second kappa shape index (κ2) is 3.95. The maximum Gasteiger partial charge on any atom is 0.0962 e. The van der Waals surface area contributed by atoms with Crippen molar-refractivity contribution in [3.8, 4) is 0 Å². The lowest BCUT2D eigenvalue weighted by Crippen LogP contribution is -2.59. The average molecular weight is 184 g/mol. The minimum atomic E-state index is 0. The monoisotopic (exact) mass is 184 g/mol. The van der Waals surface area contributed by atoms with E-state index in [0.717, 1.165) is 39.0 Å². The predicted molar refractivity (Wildman–Crippen MR) is 52.6 cm³/mol. The third kappa shape index (κ3) is 2.03. The third-order valence-corrected chi connectivity index (χ3v) is 3.36. The van der Waals surface area contributed by atoms with E-state index in [1.54, 1.807) is 0 Å². The van der Waals surface area contributed by atoms with E-state index >= 15 is 0 Å². The summed E-state index contributed by atoms with van der Waals surface area (Å²) in [6.07, 6.45) is 7.27. The van der Waals surface area contributed by atoms with Gasteiger partial charge in [0.1, 0.15) is 0 Å². The first-order chi connectivity index (χ1) is 6.31. The van der Waals surface area contributed by atoms with Crippen LogP contribution in [0.2, 0.25) is 0 Å². The SMILES string of the molecule is [O-][N+]1(N2CCCCC2)CCCCC1. The molecule has 0 bridgehead atoms. The molecular weight excluding hydrogens is 164 g/mol. The van der Waals surface area contributed by atoms with Gasteiger partial charge in [-0.2, -0.15) is 5.01 Å². The molecule has 0 N–H and O–H groups in total. The Labute approximate surface area is 80.5 Å². The first-order valence-corrected chi connectivity index (χ1v) is 5.65. The molecule has 0 aromatic heterocycles. The van der Waals surface area contributed by atoms with Crippen molar-refractivity contribution >= 4 is 0 Å². The van der Waals surface area contributed by atoms with Gasteiger partial charge in [-0.1, -0.05) is 6.42 Å². The summed E-state index contributed by atoms with van der Waals surface area (Å²) in [5, 5.41) is 14.5. The number of hydrogen-bond donors (Lipinski definition) is 0. The van der Waals surface area contributed by atoms with Gasteiger partial charge in [-0.05, 0) is 32.1 Å². The Bertz CT molecular complexity index is 160. The maximum absolute atomic E-state index is 12.3. The van der Waals surface area contributed by atoms with Crippen LogP contribution < -0.4 is 0 Å². The second-order valence-corrected chi connectivity index (χ2v) is 4.37. The summed E-state index contributed by atoms with van der Waals surface area (Å²) >= 11 is 0.